The second kappa shape index (κ2) is 9.51. The van der Waals surface area contributed by atoms with E-state index in [1.165, 1.54) is 6.92 Å². The van der Waals surface area contributed by atoms with Crippen molar-refractivity contribution in [3.8, 4) is 0 Å². The quantitative estimate of drug-likeness (QED) is 0.491. The van der Waals surface area contributed by atoms with Crippen LogP contribution < -0.4 is 15.8 Å². The summed E-state index contributed by atoms with van der Waals surface area (Å²) < 4.78 is 1.70. The first kappa shape index (κ1) is 25.6. The van der Waals surface area contributed by atoms with Gasteiger partial charge in [-0.1, -0.05) is 12.8 Å². The second-order valence-corrected chi connectivity index (χ2v) is 11.6. The lowest BCUT2D eigenvalue weighted by Gasteiger charge is -2.31. The fourth-order valence-electron chi connectivity index (χ4n) is 6.74. The number of carbonyl (C=O) groups excluding carboxylic acids is 2. The molecule has 2 aliphatic heterocycles. The molecule has 1 N–H and O–H groups in total. The first-order valence-corrected chi connectivity index (χ1v) is 13.9. The Morgan fingerprint density at radius 3 is 2.54 bits per heavy atom. The summed E-state index contributed by atoms with van der Waals surface area (Å²) >= 11 is 0. The van der Waals surface area contributed by atoms with Gasteiger partial charge in [0.05, 0.1) is 17.4 Å². The number of hydrogen-bond donors (Lipinski definition) is 1. The average Bonchev–Trinajstić information content (AvgIpc) is 3.49. The lowest BCUT2D eigenvalue weighted by atomic mass is 9.93. The monoisotopic (exact) mass is 529 g/mol. The molecule has 10 nitrogen and oxygen atoms in total. The van der Waals surface area contributed by atoms with Crippen molar-refractivity contribution in [2.24, 2.45) is 0 Å². The van der Waals surface area contributed by atoms with Gasteiger partial charge >= 0.3 is 0 Å². The lowest BCUT2D eigenvalue weighted by molar-refractivity contribution is -0.120. The Balaban J connectivity index is 1.30. The number of nitrogens with zero attached hydrogens (tertiary/aromatic N) is 6. The molecule has 2 saturated heterocycles. The zero-order valence-electron chi connectivity index (χ0n) is 23.0. The van der Waals surface area contributed by atoms with Crippen molar-refractivity contribution in [1.82, 2.24) is 24.4 Å². The van der Waals surface area contributed by atoms with Crippen LogP contribution in [0, 0.1) is 6.92 Å². The minimum absolute atomic E-state index is 0.0154. The van der Waals surface area contributed by atoms with Crippen LogP contribution in [0.2, 0.25) is 0 Å². The van der Waals surface area contributed by atoms with E-state index in [2.05, 4.69) is 34.2 Å². The maximum absolute atomic E-state index is 13.4. The number of pyridine rings is 2. The lowest BCUT2D eigenvalue weighted by Crippen LogP contribution is -2.42. The van der Waals surface area contributed by atoms with Gasteiger partial charge in [-0.2, -0.15) is 4.98 Å². The number of hydrogen-bond acceptors (Lipinski definition) is 8. The minimum atomic E-state index is -0.276. The number of Topliss-reactive ketones (excluding diaryl/α,β-unsaturated/α-hetero) is 1. The summed E-state index contributed by atoms with van der Waals surface area (Å²) in [6.45, 7) is 6.05. The van der Waals surface area contributed by atoms with Gasteiger partial charge in [0.15, 0.2) is 5.78 Å². The van der Waals surface area contributed by atoms with E-state index in [4.69, 9.17) is 4.98 Å². The van der Waals surface area contributed by atoms with Crippen molar-refractivity contribution in [2.45, 2.75) is 83.3 Å². The van der Waals surface area contributed by atoms with Gasteiger partial charge in [-0.3, -0.25) is 23.9 Å². The van der Waals surface area contributed by atoms with Crippen LogP contribution in [-0.4, -0.2) is 61.3 Å². The summed E-state index contributed by atoms with van der Waals surface area (Å²) in [5.74, 6) is 0.741. The minimum Gasteiger partial charge on any atom is -0.309 e. The molecule has 5 heterocycles. The van der Waals surface area contributed by atoms with E-state index < -0.39 is 0 Å². The molecule has 39 heavy (non-hydrogen) atoms. The topological polar surface area (TPSA) is 113 Å². The van der Waals surface area contributed by atoms with Crippen LogP contribution in [0.4, 0.5) is 17.5 Å². The Morgan fingerprint density at radius 2 is 1.85 bits per heavy atom. The number of rotatable bonds is 5. The van der Waals surface area contributed by atoms with Crippen LogP contribution in [0.15, 0.2) is 29.3 Å². The maximum Gasteiger partial charge on any atom is 0.263 e. The maximum atomic E-state index is 13.4. The smallest absolute Gasteiger partial charge is 0.263 e. The van der Waals surface area contributed by atoms with Gasteiger partial charge in [0, 0.05) is 42.2 Å². The molecule has 3 aliphatic rings. The normalized spacial score (nSPS) is 23.9. The molecule has 6 rings (SSSR count). The highest BCUT2D eigenvalue weighted by molar-refractivity contribution is 5.99. The molecule has 0 radical (unpaired) electrons. The standard InChI is InChI=1S/C29H35N7O3/c1-17-22-15-31-28(33-26(22)36(19-7-5-6-8-19)27(39)25(17)18(2)37)32-23-10-9-20(14-30-23)35-16-21-11-12-29(3,34(21)4)13-24(35)38/h9-10,14-15,19,21H,5-8,11-13,16H2,1-4H3,(H,30,31,32,33)/t21-,29?/m0/s1. The largest absolute Gasteiger partial charge is 0.309 e. The molecule has 2 atom stereocenters. The van der Waals surface area contributed by atoms with Crippen molar-refractivity contribution in [3.63, 3.8) is 0 Å². The van der Waals surface area contributed by atoms with Crippen molar-refractivity contribution in [2.75, 3.05) is 23.8 Å². The third-order valence-electron chi connectivity index (χ3n) is 9.19. The molecule has 1 saturated carbocycles. The van der Waals surface area contributed by atoms with Gasteiger partial charge < -0.3 is 10.2 Å². The zero-order chi connectivity index (χ0) is 27.5. The van der Waals surface area contributed by atoms with Crippen LogP contribution in [0.25, 0.3) is 11.0 Å². The average molecular weight is 530 g/mol. The van der Waals surface area contributed by atoms with Gasteiger partial charge in [-0.15, -0.1) is 0 Å². The van der Waals surface area contributed by atoms with E-state index in [9.17, 15) is 14.4 Å². The summed E-state index contributed by atoms with van der Waals surface area (Å²) in [5, 5.41) is 3.86. The molecule has 0 aromatic carbocycles. The number of carbonyl (C=O) groups is 2. The summed E-state index contributed by atoms with van der Waals surface area (Å²) in [5.41, 5.74) is 1.78. The number of anilines is 3. The molecule has 3 fully saturated rings. The predicted molar refractivity (Wildman–Crippen MR) is 150 cm³/mol. The Kier molecular flexibility index (Phi) is 6.25. The van der Waals surface area contributed by atoms with Gasteiger partial charge in [0.1, 0.15) is 11.5 Å². The van der Waals surface area contributed by atoms with E-state index in [-0.39, 0.29) is 34.4 Å². The predicted octanol–water partition coefficient (Wildman–Crippen LogP) is 4.15. The number of amides is 1. The van der Waals surface area contributed by atoms with E-state index >= 15 is 0 Å². The fourth-order valence-corrected chi connectivity index (χ4v) is 6.74. The van der Waals surface area contributed by atoms with Crippen LogP contribution >= 0.6 is 0 Å². The van der Waals surface area contributed by atoms with Gasteiger partial charge in [-0.05, 0) is 71.2 Å². The Morgan fingerprint density at radius 1 is 1.08 bits per heavy atom. The SMILES string of the molecule is CC(=O)c1c(C)c2cnc(Nc3ccc(N4C[C@@H]5CCC(C)(CC4=O)N5C)cn3)nc2n(C2CCCC2)c1=O. The molecule has 1 unspecified atom stereocenters. The highest BCUT2D eigenvalue weighted by Crippen LogP contribution is 2.39. The molecular weight excluding hydrogens is 494 g/mol. The van der Waals surface area contributed by atoms with E-state index in [0.717, 1.165) is 44.2 Å². The van der Waals surface area contributed by atoms with Crippen LogP contribution in [0.3, 0.4) is 0 Å². The van der Waals surface area contributed by atoms with Crippen molar-refractivity contribution in [1.29, 1.82) is 0 Å². The highest BCUT2D eigenvalue weighted by Gasteiger charge is 2.46. The molecule has 10 heteroatoms. The molecular formula is C29H35N7O3. The van der Waals surface area contributed by atoms with Crippen LogP contribution in [0.5, 0.6) is 0 Å². The first-order valence-electron chi connectivity index (χ1n) is 13.9. The Labute approximate surface area is 227 Å². The molecule has 1 amide bonds. The highest BCUT2D eigenvalue weighted by atomic mass is 16.2. The summed E-state index contributed by atoms with van der Waals surface area (Å²) in [4.78, 5) is 56.9. The van der Waals surface area contributed by atoms with E-state index in [1.54, 1.807) is 23.9 Å². The molecule has 2 bridgehead atoms. The third kappa shape index (κ3) is 4.30. The molecule has 3 aromatic heterocycles. The fraction of sp³-hybridized carbons (Fsp3) is 0.517. The van der Waals surface area contributed by atoms with E-state index in [0.29, 0.717) is 47.4 Å². The number of aromatic nitrogens is 4. The van der Waals surface area contributed by atoms with Crippen molar-refractivity contribution >= 4 is 40.2 Å². The van der Waals surface area contributed by atoms with Gasteiger partial charge in [-0.25, -0.2) is 9.97 Å². The number of fused-ring (bicyclic) bond motifs is 3. The Hall–Kier alpha value is -3.66. The third-order valence-corrected chi connectivity index (χ3v) is 9.19. The van der Waals surface area contributed by atoms with E-state index in [1.807, 2.05) is 17.0 Å². The summed E-state index contributed by atoms with van der Waals surface area (Å²) in [6, 6.07) is 4.07. The van der Waals surface area contributed by atoms with Gasteiger partial charge in [0.2, 0.25) is 11.9 Å². The van der Waals surface area contributed by atoms with Crippen molar-refractivity contribution < 1.29 is 9.59 Å². The summed E-state index contributed by atoms with van der Waals surface area (Å²) in [7, 11) is 2.12. The molecule has 204 valence electrons. The number of aryl methyl sites for hydroxylation is 1. The van der Waals surface area contributed by atoms with Crippen molar-refractivity contribution in [3.05, 3.63) is 46.0 Å². The zero-order valence-corrected chi connectivity index (χ0v) is 23.0. The first-order chi connectivity index (χ1) is 18.7. The van der Waals surface area contributed by atoms with Gasteiger partial charge in [0.25, 0.3) is 5.56 Å². The summed E-state index contributed by atoms with van der Waals surface area (Å²) in [6.07, 6.45) is 9.88. The van der Waals surface area contributed by atoms with Crippen LogP contribution in [0.1, 0.15) is 80.8 Å². The number of ketones is 1. The number of likely N-dealkylation sites (N-methyl/N-ethyl adjacent to an activating group) is 1. The molecule has 0 spiro atoms. The second-order valence-electron chi connectivity index (χ2n) is 11.6. The Bertz CT molecular complexity index is 1530. The molecule has 3 aromatic rings. The molecule has 1 aliphatic carbocycles. The number of nitrogens with one attached hydrogen (secondary N) is 1. The van der Waals surface area contributed by atoms with Crippen LogP contribution in [-0.2, 0) is 4.79 Å².